The SMILES string of the molecule is Nc1nc(CCC=O)nc2nc(-c3ccco3)nn12. The van der Waals surface area contributed by atoms with Gasteiger partial charge in [-0.1, -0.05) is 0 Å². The van der Waals surface area contributed by atoms with Crippen molar-refractivity contribution in [1.29, 1.82) is 0 Å². The highest BCUT2D eigenvalue weighted by molar-refractivity contribution is 5.51. The number of fused-ring (bicyclic) bond motifs is 1. The van der Waals surface area contributed by atoms with Crippen LogP contribution >= 0.6 is 0 Å². The van der Waals surface area contributed by atoms with Crippen LogP contribution in [0.2, 0.25) is 0 Å². The molecule has 3 aromatic heterocycles. The van der Waals surface area contributed by atoms with Crippen LogP contribution in [0.5, 0.6) is 0 Å². The van der Waals surface area contributed by atoms with Crippen LogP contribution in [0.15, 0.2) is 22.8 Å². The van der Waals surface area contributed by atoms with Crippen molar-refractivity contribution in [1.82, 2.24) is 24.6 Å². The number of hydrogen-bond acceptors (Lipinski definition) is 7. The van der Waals surface area contributed by atoms with Gasteiger partial charge in [0.15, 0.2) is 5.76 Å². The van der Waals surface area contributed by atoms with Crippen LogP contribution in [0.1, 0.15) is 12.2 Å². The Morgan fingerprint density at radius 1 is 1.37 bits per heavy atom. The fourth-order valence-electron chi connectivity index (χ4n) is 1.66. The third-order valence-electron chi connectivity index (χ3n) is 2.51. The molecule has 2 N–H and O–H groups in total. The summed E-state index contributed by atoms with van der Waals surface area (Å²) in [6.45, 7) is 0. The fraction of sp³-hybridized carbons (Fsp3) is 0.182. The zero-order valence-corrected chi connectivity index (χ0v) is 9.85. The lowest BCUT2D eigenvalue weighted by atomic mass is 10.3. The van der Waals surface area contributed by atoms with Gasteiger partial charge in [-0.2, -0.15) is 19.5 Å². The molecule has 19 heavy (non-hydrogen) atoms. The van der Waals surface area contributed by atoms with Gasteiger partial charge < -0.3 is 14.9 Å². The number of nitrogens with zero attached hydrogens (tertiary/aromatic N) is 5. The van der Waals surface area contributed by atoms with Crippen molar-refractivity contribution in [2.45, 2.75) is 12.8 Å². The zero-order valence-electron chi connectivity index (χ0n) is 9.85. The summed E-state index contributed by atoms with van der Waals surface area (Å²) in [5.74, 6) is 1.89. The predicted molar refractivity (Wildman–Crippen MR) is 65.1 cm³/mol. The first-order chi connectivity index (χ1) is 9.28. The quantitative estimate of drug-likeness (QED) is 0.677. The summed E-state index contributed by atoms with van der Waals surface area (Å²) < 4.78 is 6.55. The summed E-state index contributed by atoms with van der Waals surface area (Å²) >= 11 is 0. The van der Waals surface area contributed by atoms with E-state index in [2.05, 4.69) is 20.1 Å². The van der Waals surface area contributed by atoms with Crippen molar-refractivity contribution in [2.75, 3.05) is 5.73 Å². The Kier molecular flexibility index (Phi) is 2.67. The Morgan fingerprint density at radius 3 is 3.00 bits per heavy atom. The second-order valence-corrected chi connectivity index (χ2v) is 3.83. The molecule has 0 aliphatic rings. The molecule has 0 atom stereocenters. The maximum atomic E-state index is 10.4. The van der Waals surface area contributed by atoms with Crippen LogP contribution in [-0.2, 0) is 11.2 Å². The van der Waals surface area contributed by atoms with Crippen LogP contribution in [-0.4, -0.2) is 30.9 Å². The van der Waals surface area contributed by atoms with Crippen LogP contribution in [0.25, 0.3) is 17.4 Å². The number of nitrogen functional groups attached to an aromatic ring is 1. The van der Waals surface area contributed by atoms with Crippen molar-refractivity contribution in [3.8, 4) is 11.6 Å². The van der Waals surface area contributed by atoms with E-state index in [1.165, 1.54) is 10.8 Å². The van der Waals surface area contributed by atoms with Gasteiger partial charge in [0.05, 0.1) is 6.26 Å². The van der Waals surface area contributed by atoms with Crippen molar-refractivity contribution < 1.29 is 9.21 Å². The molecule has 0 saturated carbocycles. The molecule has 0 fully saturated rings. The average Bonchev–Trinajstić information content (AvgIpc) is 3.04. The van der Waals surface area contributed by atoms with Gasteiger partial charge in [-0.3, -0.25) is 0 Å². The van der Waals surface area contributed by atoms with Gasteiger partial charge in [0, 0.05) is 12.8 Å². The number of carbonyl (C=O) groups is 1. The Bertz CT molecular complexity index is 718. The summed E-state index contributed by atoms with van der Waals surface area (Å²) in [7, 11) is 0. The predicted octanol–water partition coefficient (Wildman–Crippen LogP) is 0.493. The molecule has 3 heterocycles. The summed E-state index contributed by atoms with van der Waals surface area (Å²) in [4.78, 5) is 22.9. The molecule has 0 aromatic carbocycles. The lowest BCUT2D eigenvalue weighted by Gasteiger charge is -1.99. The molecule has 0 spiro atoms. The molecule has 0 saturated heterocycles. The van der Waals surface area contributed by atoms with E-state index in [0.29, 0.717) is 36.0 Å². The maximum Gasteiger partial charge on any atom is 0.257 e. The molecular formula is C11H10N6O2. The van der Waals surface area contributed by atoms with Gasteiger partial charge >= 0.3 is 0 Å². The lowest BCUT2D eigenvalue weighted by molar-refractivity contribution is -0.107. The summed E-state index contributed by atoms with van der Waals surface area (Å²) in [6, 6.07) is 3.48. The monoisotopic (exact) mass is 258 g/mol. The Hall–Kier alpha value is -2.77. The molecule has 0 aliphatic carbocycles. The molecule has 0 radical (unpaired) electrons. The summed E-state index contributed by atoms with van der Waals surface area (Å²) in [6.07, 6.45) is 3.11. The van der Waals surface area contributed by atoms with Gasteiger partial charge in [0.1, 0.15) is 12.1 Å². The highest BCUT2D eigenvalue weighted by Gasteiger charge is 2.13. The number of anilines is 1. The molecule has 8 nitrogen and oxygen atoms in total. The van der Waals surface area contributed by atoms with E-state index in [0.717, 1.165) is 6.29 Å². The molecule has 0 amide bonds. The third kappa shape index (κ3) is 2.03. The van der Waals surface area contributed by atoms with Crippen LogP contribution in [0, 0.1) is 0 Å². The molecule has 0 aliphatic heterocycles. The number of hydrogen-bond donors (Lipinski definition) is 1. The Balaban J connectivity index is 2.07. The molecule has 8 heteroatoms. The number of aldehydes is 1. The van der Waals surface area contributed by atoms with E-state index in [4.69, 9.17) is 10.2 Å². The number of aryl methyl sites for hydroxylation is 1. The van der Waals surface area contributed by atoms with Crippen LogP contribution in [0.4, 0.5) is 5.95 Å². The number of aromatic nitrogens is 5. The van der Waals surface area contributed by atoms with E-state index < -0.39 is 0 Å². The van der Waals surface area contributed by atoms with E-state index >= 15 is 0 Å². The molecule has 96 valence electrons. The number of carbonyl (C=O) groups excluding carboxylic acids is 1. The van der Waals surface area contributed by atoms with Gasteiger partial charge in [-0.05, 0) is 12.1 Å². The van der Waals surface area contributed by atoms with Crippen molar-refractivity contribution in [3.05, 3.63) is 24.2 Å². The Morgan fingerprint density at radius 2 is 2.26 bits per heavy atom. The standard InChI is InChI=1S/C11H10N6O2/c12-10-13-8(4-1-5-18)14-11-15-9(16-17(10)11)7-3-2-6-19-7/h2-3,5-6H,1,4H2,(H2,12,13,14,15,16). The number of nitrogens with two attached hydrogens (primary N) is 1. The van der Waals surface area contributed by atoms with E-state index in [-0.39, 0.29) is 5.95 Å². The van der Waals surface area contributed by atoms with Crippen molar-refractivity contribution in [2.24, 2.45) is 0 Å². The number of furan rings is 1. The second-order valence-electron chi connectivity index (χ2n) is 3.83. The molecule has 3 rings (SSSR count). The second kappa shape index (κ2) is 4.48. The number of rotatable bonds is 4. The molecule has 3 aromatic rings. The topological polar surface area (TPSA) is 112 Å². The van der Waals surface area contributed by atoms with Crippen molar-refractivity contribution in [3.63, 3.8) is 0 Å². The molecular weight excluding hydrogens is 248 g/mol. The summed E-state index contributed by atoms with van der Waals surface area (Å²) in [5, 5.41) is 4.17. The summed E-state index contributed by atoms with van der Waals surface area (Å²) in [5.41, 5.74) is 5.79. The van der Waals surface area contributed by atoms with Gasteiger partial charge in [-0.15, -0.1) is 5.10 Å². The largest absolute Gasteiger partial charge is 0.461 e. The van der Waals surface area contributed by atoms with Crippen LogP contribution in [0.3, 0.4) is 0 Å². The fourth-order valence-corrected chi connectivity index (χ4v) is 1.66. The molecule has 0 unspecified atom stereocenters. The smallest absolute Gasteiger partial charge is 0.257 e. The van der Waals surface area contributed by atoms with Crippen molar-refractivity contribution >= 4 is 18.0 Å². The normalized spacial score (nSPS) is 10.9. The van der Waals surface area contributed by atoms with Crippen LogP contribution < -0.4 is 5.73 Å². The lowest BCUT2D eigenvalue weighted by Crippen LogP contribution is -2.07. The van der Waals surface area contributed by atoms with Gasteiger partial charge in [0.25, 0.3) is 5.78 Å². The highest BCUT2D eigenvalue weighted by Crippen LogP contribution is 2.16. The minimum absolute atomic E-state index is 0.177. The third-order valence-corrected chi connectivity index (χ3v) is 2.51. The maximum absolute atomic E-state index is 10.4. The first-order valence-electron chi connectivity index (χ1n) is 5.64. The molecule has 0 bridgehead atoms. The van der Waals surface area contributed by atoms with Gasteiger partial charge in [-0.25, -0.2) is 0 Å². The highest BCUT2D eigenvalue weighted by atomic mass is 16.3. The van der Waals surface area contributed by atoms with E-state index in [1.54, 1.807) is 12.1 Å². The first kappa shape index (κ1) is 11.3. The van der Waals surface area contributed by atoms with E-state index in [9.17, 15) is 4.79 Å². The first-order valence-corrected chi connectivity index (χ1v) is 5.64. The minimum Gasteiger partial charge on any atom is -0.461 e. The minimum atomic E-state index is 0.177. The van der Waals surface area contributed by atoms with Gasteiger partial charge in [0.2, 0.25) is 11.8 Å². The average molecular weight is 258 g/mol. The Labute approximate surface area is 107 Å². The zero-order chi connectivity index (χ0) is 13.2. The van der Waals surface area contributed by atoms with E-state index in [1.807, 2.05) is 0 Å².